The summed E-state index contributed by atoms with van der Waals surface area (Å²) in [4.78, 5) is 26.2. The molecule has 1 amide bonds. The molecule has 2 fully saturated rings. The molecular weight excluding hydrogens is 302 g/mol. The molecule has 5 heteroatoms. The SMILES string of the molecule is CC(C)C(=O)CC1CCN(C(=O)C2CCNCC2)CC1.CCCN. The van der Waals surface area contributed by atoms with Crippen LogP contribution >= 0.6 is 0 Å². The number of rotatable bonds is 5. The van der Waals surface area contributed by atoms with Gasteiger partial charge in [0.05, 0.1) is 0 Å². The van der Waals surface area contributed by atoms with E-state index in [1.807, 2.05) is 18.7 Å². The van der Waals surface area contributed by atoms with Gasteiger partial charge in [0.25, 0.3) is 0 Å². The fraction of sp³-hybridized carbons (Fsp3) is 0.895. The number of carbonyl (C=O) groups excluding carboxylic acids is 2. The van der Waals surface area contributed by atoms with Crippen LogP contribution in [-0.4, -0.2) is 49.3 Å². The molecule has 0 aromatic carbocycles. The molecule has 2 heterocycles. The average Bonchev–Trinajstić information content (AvgIpc) is 2.62. The van der Waals surface area contributed by atoms with Crippen molar-refractivity contribution >= 4 is 11.7 Å². The minimum atomic E-state index is 0.143. The Labute approximate surface area is 147 Å². The quantitative estimate of drug-likeness (QED) is 0.805. The largest absolute Gasteiger partial charge is 0.342 e. The van der Waals surface area contributed by atoms with Crippen LogP contribution in [0.5, 0.6) is 0 Å². The highest BCUT2D eigenvalue weighted by atomic mass is 16.2. The van der Waals surface area contributed by atoms with Crippen LogP contribution in [0.1, 0.15) is 59.3 Å². The molecule has 2 saturated heterocycles. The van der Waals surface area contributed by atoms with Gasteiger partial charge in [-0.1, -0.05) is 20.8 Å². The van der Waals surface area contributed by atoms with E-state index >= 15 is 0 Å². The van der Waals surface area contributed by atoms with E-state index in [4.69, 9.17) is 5.73 Å². The Kier molecular flexibility index (Phi) is 10.2. The summed E-state index contributed by atoms with van der Waals surface area (Å²) in [6.45, 7) is 10.4. The molecule has 0 aliphatic carbocycles. The van der Waals surface area contributed by atoms with E-state index in [1.165, 1.54) is 0 Å². The summed E-state index contributed by atoms with van der Waals surface area (Å²) in [5.74, 6) is 1.57. The first-order chi connectivity index (χ1) is 11.5. The van der Waals surface area contributed by atoms with Gasteiger partial charge >= 0.3 is 0 Å². The van der Waals surface area contributed by atoms with Gasteiger partial charge in [-0.2, -0.15) is 0 Å². The monoisotopic (exact) mass is 339 g/mol. The van der Waals surface area contributed by atoms with E-state index in [2.05, 4.69) is 12.2 Å². The molecular formula is C19H37N3O2. The first kappa shape index (κ1) is 21.1. The van der Waals surface area contributed by atoms with Crippen molar-refractivity contribution in [1.29, 1.82) is 0 Å². The first-order valence-electron chi connectivity index (χ1n) is 9.71. The summed E-state index contributed by atoms with van der Waals surface area (Å²) >= 11 is 0. The standard InChI is InChI=1S/C16H28N2O2.C3H9N/c1-12(2)15(19)11-13-5-9-18(10-6-13)16(20)14-3-7-17-8-4-14;1-2-3-4/h12-14,17H,3-11H2,1-2H3;2-4H2,1H3. The fourth-order valence-corrected chi connectivity index (χ4v) is 3.20. The number of piperidine rings is 2. The number of ketones is 1. The minimum absolute atomic E-state index is 0.143. The van der Waals surface area contributed by atoms with Crippen molar-refractivity contribution in [3.63, 3.8) is 0 Å². The Morgan fingerprint density at radius 2 is 1.67 bits per heavy atom. The van der Waals surface area contributed by atoms with E-state index in [0.717, 1.165) is 64.8 Å². The lowest BCUT2D eigenvalue weighted by molar-refractivity contribution is -0.137. The van der Waals surface area contributed by atoms with E-state index in [-0.39, 0.29) is 11.8 Å². The van der Waals surface area contributed by atoms with Crippen molar-refractivity contribution in [3.8, 4) is 0 Å². The number of nitrogens with one attached hydrogen (secondary N) is 1. The van der Waals surface area contributed by atoms with Crippen molar-refractivity contribution in [1.82, 2.24) is 10.2 Å². The summed E-state index contributed by atoms with van der Waals surface area (Å²) in [6.07, 6.45) is 5.74. The molecule has 0 aromatic rings. The normalized spacial score (nSPS) is 19.8. The van der Waals surface area contributed by atoms with Gasteiger partial charge in [-0.25, -0.2) is 0 Å². The Balaban J connectivity index is 0.000000648. The van der Waals surface area contributed by atoms with Gasteiger partial charge in [-0.3, -0.25) is 9.59 Å². The molecule has 3 N–H and O–H groups in total. The number of likely N-dealkylation sites (tertiary alicyclic amines) is 1. The predicted octanol–water partition coefficient (Wildman–Crippen LogP) is 2.19. The number of amides is 1. The van der Waals surface area contributed by atoms with Crippen LogP contribution in [-0.2, 0) is 9.59 Å². The zero-order chi connectivity index (χ0) is 17.9. The molecule has 2 aliphatic heterocycles. The number of hydrogen-bond donors (Lipinski definition) is 2. The van der Waals surface area contributed by atoms with E-state index < -0.39 is 0 Å². The third-order valence-electron chi connectivity index (χ3n) is 5.04. The second-order valence-electron chi connectivity index (χ2n) is 7.41. The van der Waals surface area contributed by atoms with Gasteiger partial charge in [0.15, 0.2) is 0 Å². The highest BCUT2D eigenvalue weighted by molar-refractivity contribution is 5.81. The maximum absolute atomic E-state index is 12.4. The van der Waals surface area contributed by atoms with Crippen molar-refractivity contribution in [2.24, 2.45) is 23.5 Å². The molecule has 0 saturated carbocycles. The third-order valence-corrected chi connectivity index (χ3v) is 5.04. The molecule has 0 spiro atoms. The van der Waals surface area contributed by atoms with Gasteiger partial charge in [0, 0.05) is 31.3 Å². The van der Waals surface area contributed by atoms with Crippen LogP contribution in [0.15, 0.2) is 0 Å². The van der Waals surface area contributed by atoms with Crippen LogP contribution in [0.25, 0.3) is 0 Å². The van der Waals surface area contributed by atoms with Gasteiger partial charge < -0.3 is 16.0 Å². The summed E-state index contributed by atoms with van der Waals surface area (Å²) in [7, 11) is 0. The molecule has 5 nitrogen and oxygen atoms in total. The number of nitrogens with two attached hydrogens (primary N) is 1. The molecule has 0 bridgehead atoms. The third kappa shape index (κ3) is 7.31. The smallest absolute Gasteiger partial charge is 0.225 e. The lowest BCUT2D eigenvalue weighted by Gasteiger charge is -2.35. The maximum Gasteiger partial charge on any atom is 0.225 e. The van der Waals surface area contributed by atoms with Gasteiger partial charge in [-0.15, -0.1) is 0 Å². The highest BCUT2D eigenvalue weighted by Gasteiger charge is 2.29. The van der Waals surface area contributed by atoms with Crippen LogP contribution in [0.2, 0.25) is 0 Å². The van der Waals surface area contributed by atoms with E-state index in [9.17, 15) is 9.59 Å². The van der Waals surface area contributed by atoms with Crippen molar-refractivity contribution in [3.05, 3.63) is 0 Å². The summed E-state index contributed by atoms with van der Waals surface area (Å²) in [5.41, 5.74) is 5.03. The van der Waals surface area contributed by atoms with Crippen molar-refractivity contribution in [2.75, 3.05) is 32.7 Å². The Morgan fingerprint density at radius 1 is 1.12 bits per heavy atom. The maximum atomic E-state index is 12.4. The predicted molar refractivity (Wildman–Crippen MR) is 98.7 cm³/mol. The molecule has 0 atom stereocenters. The van der Waals surface area contributed by atoms with E-state index in [1.54, 1.807) is 0 Å². The lowest BCUT2D eigenvalue weighted by Crippen LogP contribution is -2.44. The van der Waals surface area contributed by atoms with Crippen molar-refractivity contribution < 1.29 is 9.59 Å². The number of carbonyl (C=O) groups is 2. The molecule has 0 unspecified atom stereocenters. The fourth-order valence-electron chi connectivity index (χ4n) is 3.20. The topological polar surface area (TPSA) is 75.4 Å². The molecule has 0 radical (unpaired) electrons. The summed E-state index contributed by atoms with van der Waals surface area (Å²) in [5, 5.41) is 3.30. The first-order valence-corrected chi connectivity index (χ1v) is 9.71. The number of nitrogens with zero attached hydrogens (tertiary/aromatic N) is 1. The van der Waals surface area contributed by atoms with Gasteiger partial charge in [0.1, 0.15) is 5.78 Å². The van der Waals surface area contributed by atoms with Gasteiger partial charge in [0.2, 0.25) is 5.91 Å². The van der Waals surface area contributed by atoms with Crippen LogP contribution in [0, 0.1) is 17.8 Å². The Morgan fingerprint density at radius 3 is 2.12 bits per heavy atom. The summed E-state index contributed by atoms with van der Waals surface area (Å²) in [6, 6.07) is 0. The average molecular weight is 340 g/mol. The lowest BCUT2D eigenvalue weighted by atomic mass is 9.88. The second kappa shape index (κ2) is 11.6. The molecule has 24 heavy (non-hydrogen) atoms. The number of hydrogen-bond acceptors (Lipinski definition) is 4. The minimum Gasteiger partial charge on any atom is -0.342 e. The second-order valence-corrected chi connectivity index (χ2v) is 7.41. The van der Waals surface area contributed by atoms with Crippen LogP contribution in [0.4, 0.5) is 0 Å². The Bertz CT molecular complexity index is 369. The summed E-state index contributed by atoms with van der Waals surface area (Å²) < 4.78 is 0. The van der Waals surface area contributed by atoms with Gasteiger partial charge in [-0.05, 0) is 57.7 Å². The zero-order valence-corrected chi connectivity index (χ0v) is 15.9. The molecule has 140 valence electrons. The molecule has 2 rings (SSSR count). The molecule has 0 aromatic heterocycles. The van der Waals surface area contributed by atoms with Crippen LogP contribution < -0.4 is 11.1 Å². The highest BCUT2D eigenvalue weighted by Crippen LogP contribution is 2.24. The Hall–Kier alpha value is -0.940. The van der Waals surface area contributed by atoms with Crippen LogP contribution in [0.3, 0.4) is 0 Å². The zero-order valence-electron chi connectivity index (χ0n) is 15.9. The van der Waals surface area contributed by atoms with E-state index in [0.29, 0.717) is 24.0 Å². The number of Topliss-reactive ketones (excluding diaryl/α,β-unsaturated/α-hetero) is 1. The van der Waals surface area contributed by atoms with Crippen molar-refractivity contribution in [2.45, 2.75) is 59.3 Å². The molecule has 2 aliphatic rings.